The molecule has 1 unspecified atom stereocenters. The van der Waals surface area contributed by atoms with Gasteiger partial charge >= 0.3 is 0 Å². The van der Waals surface area contributed by atoms with E-state index in [1.807, 2.05) is 24.3 Å². The first-order valence-electron chi connectivity index (χ1n) is 7.22. The monoisotopic (exact) mass is 312 g/mol. The molecule has 21 heavy (non-hydrogen) atoms. The van der Waals surface area contributed by atoms with Gasteiger partial charge in [0, 0.05) is 0 Å². The van der Waals surface area contributed by atoms with Crippen LogP contribution in [-0.2, 0) is 4.79 Å². The SMILES string of the molecule is Cl.O=C(NCC1COc2ccccc2O1)[C@H]1CCCCN1. The number of piperidine rings is 1. The number of ether oxygens (including phenoxy) is 2. The number of carbonyl (C=O) groups is 1. The Bertz CT molecular complexity index is 478. The summed E-state index contributed by atoms with van der Waals surface area (Å²) in [5, 5.41) is 6.18. The van der Waals surface area contributed by atoms with Gasteiger partial charge in [-0.05, 0) is 31.5 Å². The lowest BCUT2D eigenvalue weighted by molar-refractivity contribution is -0.124. The van der Waals surface area contributed by atoms with E-state index in [4.69, 9.17) is 9.47 Å². The number of rotatable bonds is 3. The fraction of sp³-hybridized carbons (Fsp3) is 0.533. The Morgan fingerprint density at radius 2 is 2.10 bits per heavy atom. The molecule has 0 bridgehead atoms. The zero-order chi connectivity index (χ0) is 13.8. The quantitative estimate of drug-likeness (QED) is 0.888. The van der Waals surface area contributed by atoms with Gasteiger partial charge in [-0.25, -0.2) is 0 Å². The van der Waals surface area contributed by atoms with E-state index >= 15 is 0 Å². The van der Waals surface area contributed by atoms with Gasteiger partial charge in [0.2, 0.25) is 5.91 Å². The van der Waals surface area contributed by atoms with Crippen LogP contribution in [0.5, 0.6) is 11.5 Å². The zero-order valence-corrected chi connectivity index (χ0v) is 12.7. The minimum atomic E-state index is -0.127. The highest BCUT2D eigenvalue weighted by molar-refractivity contribution is 5.85. The second-order valence-electron chi connectivity index (χ2n) is 5.25. The van der Waals surface area contributed by atoms with E-state index < -0.39 is 0 Å². The maximum absolute atomic E-state index is 12.0. The van der Waals surface area contributed by atoms with Crippen molar-refractivity contribution in [2.75, 3.05) is 19.7 Å². The third-order valence-corrected chi connectivity index (χ3v) is 3.70. The molecule has 1 fully saturated rings. The molecule has 1 saturated heterocycles. The average molecular weight is 313 g/mol. The van der Waals surface area contributed by atoms with Gasteiger partial charge in [0.25, 0.3) is 0 Å². The van der Waals surface area contributed by atoms with Crippen molar-refractivity contribution in [3.05, 3.63) is 24.3 Å². The molecule has 0 aromatic heterocycles. The number of halogens is 1. The summed E-state index contributed by atoms with van der Waals surface area (Å²) >= 11 is 0. The zero-order valence-electron chi connectivity index (χ0n) is 11.8. The van der Waals surface area contributed by atoms with Gasteiger partial charge < -0.3 is 20.1 Å². The fourth-order valence-electron chi connectivity index (χ4n) is 2.58. The molecular weight excluding hydrogens is 292 g/mol. The van der Waals surface area contributed by atoms with Crippen molar-refractivity contribution in [3.63, 3.8) is 0 Å². The summed E-state index contributed by atoms with van der Waals surface area (Å²) in [7, 11) is 0. The molecular formula is C15H21ClN2O3. The molecule has 116 valence electrons. The van der Waals surface area contributed by atoms with E-state index in [2.05, 4.69) is 10.6 Å². The number of carbonyl (C=O) groups excluding carboxylic acids is 1. The third-order valence-electron chi connectivity index (χ3n) is 3.70. The summed E-state index contributed by atoms with van der Waals surface area (Å²) in [5.41, 5.74) is 0. The van der Waals surface area contributed by atoms with E-state index in [-0.39, 0.29) is 30.5 Å². The van der Waals surface area contributed by atoms with Crippen LogP contribution in [0.4, 0.5) is 0 Å². The van der Waals surface area contributed by atoms with Crippen LogP contribution in [-0.4, -0.2) is 37.7 Å². The van der Waals surface area contributed by atoms with Crippen molar-refractivity contribution in [3.8, 4) is 11.5 Å². The summed E-state index contributed by atoms with van der Waals surface area (Å²) in [6.07, 6.45) is 3.05. The predicted octanol–water partition coefficient (Wildman–Crippen LogP) is 1.51. The Kier molecular flexibility index (Phi) is 5.70. The fourth-order valence-corrected chi connectivity index (χ4v) is 2.58. The molecule has 2 aliphatic heterocycles. The standard InChI is InChI=1S/C15H20N2O3.ClH/c18-15(12-5-3-4-8-16-12)17-9-11-10-19-13-6-1-2-7-14(13)20-11;/h1-2,6-7,11-12,16H,3-5,8-10H2,(H,17,18);1H/t11?,12-;/m1./s1. The summed E-state index contributed by atoms with van der Waals surface area (Å²) in [4.78, 5) is 12.0. The lowest BCUT2D eigenvalue weighted by atomic mass is 10.0. The third kappa shape index (κ3) is 4.02. The minimum absolute atomic E-state index is 0. The van der Waals surface area contributed by atoms with Crippen molar-refractivity contribution in [2.45, 2.75) is 31.4 Å². The van der Waals surface area contributed by atoms with Gasteiger partial charge in [-0.3, -0.25) is 4.79 Å². The van der Waals surface area contributed by atoms with Gasteiger partial charge in [0.1, 0.15) is 12.7 Å². The summed E-state index contributed by atoms with van der Waals surface area (Å²) in [5.74, 6) is 1.57. The van der Waals surface area contributed by atoms with Gasteiger partial charge in [0.05, 0.1) is 12.6 Å². The molecule has 0 aliphatic carbocycles. The number of nitrogens with one attached hydrogen (secondary N) is 2. The van der Waals surface area contributed by atoms with Crippen molar-refractivity contribution in [1.82, 2.24) is 10.6 Å². The topological polar surface area (TPSA) is 59.6 Å². The van der Waals surface area contributed by atoms with Crippen LogP contribution in [0.15, 0.2) is 24.3 Å². The molecule has 2 atom stereocenters. The lowest BCUT2D eigenvalue weighted by Crippen LogP contribution is -2.49. The van der Waals surface area contributed by atoms with Crippen molar-refractivity contribution >= 4 is 18.3 Å². The van der Waals surface area contributed by atoms with Gasteiger partial charge in [-0.2, -0.15) is 0 Å². The summed E-state index contributed by atoms with van der Waals surface area (Å²) in [6.45, 7) is 1.87. The maximum atomic E-state index is 12.0. The number of para-hydroxylation sites is 2. The van der Waals surface area contributed by atoms with Gasteiger partial charge in [0.15, 0.2) is 11.5 Å². The molecule has 6 heteroatoms. The molecule has 2 N–H and O–H groups in total. The molecule has 1 amide bonds. The first-order valence-corrected chi connectivity index (χ1v) is 7.22. The Balaban J connectivity index is 0.00000161. The van der Waals surface area contributed by atoms with Crippen molar-refractivity contribution < 1.29 is 14.3 Å². The van der Waals surface area contributed by atoms with Crippen LogP contribution >= 0.6 is 12.4 Å². The first kappa shape index (κ1) is 15.9. The van der Waals surface area contributed by atoms with Gasteiger partial charge in [-0.1, -0.05) is 18.6 Å². The second-order valence-corrected chi connectivity index (χ2v) is 5.25. The molecule has 1 aromatic carbocycles. The first-order chi connectivity index (χ1) is 9.83. The Morgan fingerprint density at radius 3 is 2.86 bits per heavy atom. The lowest BCUT2D eigenvalue weighted by Gasteiger charge is -2.28. The average Bonchev–Trinajstić information content (AvgIpc) is 2.53. The number of hydrogen-bond acceptors (Lipinski definition) is 4. The Hall–Kier alpha value is -1.46. The highest BCUT2D eigenvalue weighted by atomic mass is 35.5. The number of benzene rings is 1. The van der Waals surface area contributed by atoms with Crippen LogP contribution in [0.25, 0.3) is 0 Å². The molecule has 2 heterocycles. The van der Waals surface area contributed by atoms with E-state index in [1.54, 1.807) is 0 Å². The Labute approximate surface area is 130 Å². The molecule has 0 spiro atoms. The molecule has 3 rings (SSSR count). The Morgan fingerprint density at radius 1 is 1.29 bits per heavy atom. The predicted molar refractivity (Wildman–Crippen MR) is 82.3 cm³/mol. The van der Waals surface area contributed by atoms with Crippen molar-refractivity contribution in [2.24, 2.45) is 0 Å². The molecule has 0 saturated carbocycles. The minimum Gasteiger partial charge on any atom is -0.486 e. The smallest absolute Gasteiger partial charge is 0.237 e. The van der Waals surface area contributed by atoms with Crippen LogP contribution in [0.1, 0.15) is 19.3 Å². The van der Waals surface area contributed by atoms with Crippen LogP contribution in [0.3, 0.4) is 0 Å². The molecule has 2 aliphatic rings. The number of hydrogen-bond donors (Lipinski definition) is 2. The van der Waals surface area contributed by atoms with Crippen LogP contribution in [0.2, 0.25) is 0 Å². The molecule has 0 radical (unpaired) electrons. The van der Waals surface area contributed by atoms with Crippen molar-refractivity contribution in [1.29, 1.82) is 0 Å². The van der Waals surface area contributed by atoms with Gasteiger partial charge in [-0.15, -0.1) is 12.4 Å². The summed E-state index contributed by atoms with van der Waals surface area (Å²) in [6, 6.07) is 7.54. The normalized spacial score (nSPS) is 23.8. The molecule has 1 aromatic rings. The highest BCUT2D eigenvalue weighted by Gasteiger charge is 2.24. The van der Waals surface area contributed by atoms with E-state index in [0.29, 0.717) is 13.2 Å². The van der Waals surface area contributed by atoms with E-state index in [1.165, 1.54) is 0 Å². The highest BCUT2D eigenvalue weighted by Crippen LogP contribution is 2.30. The largest absolute Gasteiger partial charge is 0.486 e. The maximum Gasteiger partial charge on any atom is 0.237 e. The number of fused-ring (bicyclic) bond motifs is 1. The van der Waals surface area contributed by atoms with Crippen LogP contribution < -0.4 is 20.1 Å². The molecule has 5 nitrogen and oxygen atoms in total. The number of amides is 1. The second kappa shape index (κ2) is 7.52. The summed E-state index contributed by atoms with van der Waals surface area (Å²) < 4.78 is 11.4. The van der Waals surface area contributed by atoms with Crippen LogP contribution in [0, 0.1) is 0 Å². The van der Waals surface area contributed by atoms with E-state index in [0.717, 1.165) is 37.3 Å². The van der Waals surface area contributed by atoms with E-state index in [9.17, 15) is 4.79 Å².